The number of para-hydroxylation sites is 1. The summed E-state index contributed by atoms with van der Waals surface area (Å²) in [5.74, 6) is -0.0272. The number of hydrogen-bond donors (Lipinski definition) is 0. The van der Waals surface area contributed by atoms with Gasteiger partial charge < -0.3 is 4.90 Å². The molecule has 1 atom stereocenters. The lowest BCUT2D eigenvalue weighted by atomic mass is 9.98. The van der Waals surface area contributed by atoms with Gasteiger partial charge in [0.05, 0.1) is 23.4 Å². The number of carbonyl (C=O) groups is 1. The minimum absolute atomic E-state index is 0.0272. The van der Waals surface area contributed by atoms with Gasteiger partial charge in [0, 0.05) is 24.2 Å². The lowest BCUT2D eigenvalue weighted by Crippen LogP contribution is -2.39. The lowest BCUT2D eigenvalue weighted by Gasteiger charge is -2.35. The zero-order valence-electron chi connectivity index (χ0n) is 14.8. The number of likely N-dealkylation sites (tertiary alicyclic amines) is 1. The molecule has 0 saturated carbocycles. The molecule has 3 aromatic heterocycles. The molecule has 1 aliphatic heterocycles. The van der Waals surface area contributed by atoms with Gasteiger partial charge in [0.1, 0.15) is 5.69 Å². The summed E-state index contributed by atoms with van der Waals surface area (Å²) in [5.41, 5.74) is 3.05. The average molecular weight is 357 g/mol. The fourth-order valence-electron chi connectivity index (χ4n) is 3.83. The predicted octanol–water partition coefficient (Wildman–Crippen LogP) is 3.64. The van der Waals surface area contributed by atoms with Crippen LogP contribution in [0.2, 0.25) is 0 Å². The van der Waals surface area contributed by atoms with Gasteiger partial charge in [-0.05, 0) is 37.5 Å². The number of pyridine rings is 1. The van der Waals surface area contributed by atoms with E-state index in [-0.39, 0.29) is 11.9 Å². The number of carbonyl (C=O) groups excluding carboxylic acids is 1. The van der Waals surface area contributed by atoms with Crippen LogP contribution in [-0.4, -0.2) is 36.9 Å². The SMILES string of the molecule is O=C(c1ccc2ccccc2n1)N1CCCC[C@H]1c1ccn2nccc2n1. The van der Waals surface area contributed by atoms with E-state index in [4.69, 9.17) is 4.98 Å². The van der Waals surface area contributed by atoms with Crippen molar-refractivity contribution < 1.29 is 4.79 Å². The van der Waals surface area contributed by atoms with Gasteiger partial charge >= 0.3 is 0 Å². The van der Waals surface area contributed by atoms with Gasteiger partial charge in [-0.15, -0.1) is 0 Å². The van der Waals surface area contributed by atoms with Crippen molar-refractivity contribution >= 4 is 22.5 Å². The third-order valence-electron chi connectivity index (χ3n) is 5.20. The van der Waals surface area contributed by atoms with E-state index in [1.54, 1.807) is 10.7 Å². The highest BCUT2D eigenvalue weighted by molar-refractivity contribution is 5.95. The molecule has 0 aliphatic carbocycles. The molecule has 0 unspecified atom stereocenters. The van der Waals surface area contributed by atoms with Crippen LogP contribution in [0, 0.1) is 0 Å². The molecular weight excluding hydrogens is 338 g/mol. The fourth-order valence-corrected chi connectivity index (χ4v) is 3.83. The zero-order valence-corrected chi connectivity index (χ0v) is 14.8. The van der Waals surface area contributed by atoms with Gasteiger partial charge in [-0.3, -0.25) is 4.79 Å². The first-order valence-electron chi connectivity index (χ1n) is 9.27. The molecule has 6 heteroatoms. The van der Waals surface area contributed by atoms with Crippen LogP contribution in [0.5, 0.6) is 0 Å². The van der Waals surface area contributed by atoms with Crippen LogP contribution in [0.15, 0.2) is 60.9 Å². The van der Waals surface area contributed by atoms with Crippen molar-refractivity contribution in [2.75, 3.05) is 6.54 Å². The van der Waals surface area contributed by atoms with Crippen molar-refractivity contribution in [3.63, 3.8) is 0 Å². The number of piperidine rings is 1. The minimum atomic E-state index is -0.0283. The van der Waals surface area contributed by atoms with Crippen LogP contribution in [0.1, 0.15) is 41.5 Å². The van der Waals surface area contributed by atoms with Crippen LogP contribution in [0.4, 0.5) is 0 Å². The zero-order chi connectivity index (χ0) is 18.2. The molecule has 4 aromatic rings. The molecule has 0 spiro atoms. The second-order valence-electron chi connectivity index (χ2n) is 6.89. The van der Waals surface area contributed by atoms with Gasteiger partial charge in [0.15, 0.2) is 5.65 Å². The Balaban J connectivity index is 1.51. The quantitative estimate of drug-likeness (QED) is 0.549. The third kappa shape index (κ3) is 2.83. The van der Waals surface area contributed by atoms with E-state index < -0.39 is 0 Å². The van der Waals surface area contributed by atoms with Crippen molar-refractivity contribution in [2.45, 2.75) is 25.3 Å². The number of benzene rings is 1. The van der Waals surface area contributed by atoms with Gasteiger partial charge in [-0.1, -0.05) is 24.3 Å². The highest BCUT2D eigenvalue weighted by atomic mass is 16.2. The van der Waals surface area contributed by atoms with E-state index in [1.807, 2.05) is 59.6 Å². The molecule has 1 amide bonds. The van der Waals surface area contributed by atoms with E-state index in [9.17, 15) is 4.79 Å². The molecule has 0 bridgehead atoms. The molecule has 4 heterocycles. The Labute approximate surface area is 156 Å². The van der Waals surface area contributed by atoms with E-state index in [0.29, 0.717) is 5.69 Å². The number of hydrogen-bond acceptors (Lipinski definition) is 4. The largest absolute Gasteiger partial charge is 0.329 e. The number of aromatic nitrogens is 4. The monoisotopic (exact) mass is 357 g/mol. The maximum atomic E-state index is 13.3. The predicted molar refractivity (Wildman–Crippen MR) is 102 cm³/mol. The Bertz CT molecular complexity index is 1140. The number of rotatable bonds is 2. The molecule has 1 saturated heterocycles. The van der Waals surface area contributed by atoms with Crippen molar-refractivity contribution in [3.8, 4) is 0 Å². The molecular formula is C21H19N5O. The third-order valence-corrected chi connectivity index (χ3v) is 5.20. The standard InChI is InChI=1S/C21H19N5O/c27-21(18-9-8-15-5-1-2-6-16(15)23-18)25-13-4-3-7-19(25)17-11-14-26-20(24-17)10-12-22-26/h1-2,5-6,8-12,14,19H,3-4,7,13H2/t19-/m0/s1. The van der Waals surface area contributed by atoms with Crippen LogP contribution in [0.25, 0.3) is 16.6 Å². The van der Waals surface area contributed by atoms with Crippen molar-refractivity contribution in [2.24, 2.45) is 0 Å². The Morgan fingerprint density at radius 1 is 1.00 bits per heavy atom. The maximum absolute atomic E-state index is 13.3. The molecule has 0 radical (unpaired) electrons. The van der Waals surface area contributed by atoms with Gasteiger partial charge in [-0.25, -0.2) is 14.5 Å². The van der Waals surface area contributed by atoms with E-state index in [1.165, 1.54) is 0 Å². The highest BCUT2D eigenvalue weighted by Gasteiger charge is 2.30. The van der Waals surface area contributed by atoms with Gasteiger partial charge in [0.2, 0.25) is 0 Å². The molecule has 1 aliphatic rings. The summed E-state index contributed by atoms with van der Waals surface area (Å²) >= 11 is 0. The summed E-state index contributed by atoms with van der Waals surface area (Å²) in [5, 5.41) is 5.24. The summed E-state index contributed by atoms with van der Waals surface area (Å²) in [7, 11) is 0. The number of amides is 1. The van der Waals surface area contributed by atoms with Crippen molar-refractivity contribution in [3.05, 3.63) is 72.3 Å². The first-order chi connectivity index (χ1) is 13.3. The Morgan fingerprint density at radius 2 is 1.93 bits per heavy atom. The van der Waals surface area contributed by atoms with Gasteiger partial charge in [-0.2, -0.15) is 5.10 Å². The smallest absolute Gasteiger partial charge is 0.273 e. The highest BCUT2D eigenvalue weighted by Crippen LogP contribution is 2.31. The molecule has 1 aromatic carbocycles. The minimum Gasteiger partial charge on any atom is -0.329 e. The summed E-state index contributed by atoms with van der Waals surface area (Å²) in [6, 6.07) is 15.5. The Kier molecular flexibility index (Phi) is 3.81. The number of fused-ring (bicyclic) bond motifs is 2. The normalized spacial score (nSPS) is 17.5. The van der Waals surface area contributed by atoms with Crippen LogP contribution < -0.4 is 0 Å². The van der Waals surface area contributed by atoms with Crippen LogP contribution in [0.3, 0.4) is 0 Å². The Morgan fingerprint density at radius 3 is 2.89 bits per heavy atom. The van der Waals surface area contributed by atoms with Crippen molar-refractivity contribution in [1.29, 1.82) is 0 Å². The second-order valence-corrected chi connectivity index (χ2v) is 6.89. The first kappa shape index (κ1) is 15.9. The van der Waals surface area contributed by atoms with E-state index in [2.05, 4.69) is 10.1 Å². The molecule has 134 valence electrons. The molecule has 0 N–H and O–H groups in total. The molecule has 1 fully saturated rings. The summed E-state index contributed by atoms with van der Waals surface area (Å²) in [4.78, 5) is 24.5. The summed E-state index contributed by atoms with van der Waals surface area (Å²) in [6.07, 6.45) is 6.64. The average Bonchev–Trinajstić information content (AvgIpc) is 3.21. The van der Waals surface area contributed by atoms with Crippen LogP contribution in [-0.2, 0) is 0 Å². The number of nitrogens with zero attached hydrogens (tertiary/aromatic N) is 5. The van der Waals surface area contributed by atoms with E-state index >= 15 is 0 Å². The maximum Gasteiger partial charge on any atom is 0.273 e. The van der Waals surface area contributed by atoms with Crippen LogP contribution >= 0.6 is 0 Å². The summed E-state index contributed by atoms with van der Waals surface area (Å²) < 4.78 is 1.74. The second kappa shape index (κ2) is 6.46. The van der Waals surface area contributed by atoms with Gasteiger partial charge in [0.25, 0.3) is 5.91 Å². The molecule has 6 nitrogen and oxygen atoms in total. The Hall–Kier alpha value is -3.28. The summed E-state index contributed by atoms with van der Waals surface area (Å²) in [6.45, 7) is 0.726. The van der Waals surface area contributed by atoms with E-state index in [0.717, 1.165) is 48.1 Å². The molecule has 5 rings (SSSR count). The molecule has 27 heavy (non-hydrogen) atoms. The van der Waals surface area contributed by atoms with Crippen molar-refractivity contribution in [1.82, 2.24) is 24.5 Å². The lowest BCUT2D eigenvalue weighted by molar-refractivity contribution is 0.0600. The fraction of sp³-hybridized carbons (Fsp3) is 0.238. The topological polar surface area (TPSA) is 63.4 Å². The first-order valence-corrected chi connectivity index (χ1v) is 9.27.